The van der Waals surface area contributed by atoms with E-state index in [9.17, 15) is 4.79 Å². The monoisotopic (exact) mass is 213 g/mol. The fraction of sp³-hybridized carbons (Fsp3) is 0.909. The van der Waals surface area contributed by atoms with Gasteiger partial charge in [0.1, 0.15) is 0 Å². The Balaban J connectivity index is 2.34. The smallest absolute Gasteiger partial charge is 0.227 e. The van der Waals surface area contributed by atoms with Crippen LogP contribution in [0.25, 0.3) is 0 Å². The molecular weight excluding hydrogens is 190 g/mol. The summed E-state index contributed by atoms with van der Waals surface area (Å²) in [5.74, 6) is 0.174. The third-order valence-electron chi connectivity index (χ3n) is 3.18. The molecule has 1 atom stereocenters. The molecule has 0 aromatic heterocycles. The maximum absolute atomic E-state index is 11.7. The Bertz CT molecular complexity index is 220. The van der Waals surface area contributed by atoms with E-state index in [0.29, 0.717) is 0 Å². The lowest BCUT2D eigenvalue weighted by Gasteiger charge is -2.22. The van der Waals surface area contributed by atoms with Gasteiger partial charge in [-0.3, -0.25) is 4.79 Å². The van der Waals surface area contributed by atoms with Gasteiger partial charge in [0.25, 0.3) is 0 Å². The second-order valence-electron chi connectivity index (χ2n) is 4.52. The van der Waals surface area contributed by atoms with Crippen LogP contribution in [0.4, 0.5) is 0 Å². The zero-order valence-electron chi connectivity index (χ0n) is 10.1. The number of likely N-dealkylation sites (tertiary alicyclic amines) is 1. The molecule has 15 heavy (non-hydrogen) atoms. The molecule has 0 aliphatic carbocycles. The first-order valence-electron chi connectivity index (χ1n) is 5.77. The standard InChI is InChI=1S/C11H23N3O/c1-4-13-6-8-14-7-5-11(2,9-14)10(15)12-3/h13H,4-9H2,1-3H3,(H,12,15). The SMILES string of the molecule is CCNCCN1CCC(C)(C(=O)NC)C1. The summed E-state index contributed by atoms with van der Waals surface area (Å²) in [6.07, 6.45) is 0.971. The van der Waals surface area contributed by atoms with E-state index < -0.39 is 0 Å². The van der Waals surface area contributed by atoms with Gasteiger partial charge < -0.3 is 15.5 Å². The molecule has 0 bridgehead atoms. The summed E-state index contributed by atoms with van der Waals surface area (Å²) < 4.78 is 0. The third kappa shape index (κ3) is 3.18. The molecule has 1 amide bonds. The predicted octanol–water partition coefficient (Wildman–Crippen LogP) is 0.0539. The molecule has 0 spiro atoms. The van der Waals surface area contributed by atoms with Crippen molar-refractivity contribution in [3.8, 4) is 0 Å². The number of hydrogen-bond donors (Lipinski definition) is 2. The molecule has 4 heteroatoms. The number of amides is 1. The summed E-state index contributed by atoms with van der Waals surface area (Å²) in [7, 11) is 1.72. The molecule has 0 saturated carbocycles. The average molecular weight is 213 g/mol. The second kappa shape index (κ2) is 5.47. The Labute approximate surface area is 92.4 Å². The van der Waals surface area contributed by atoms with Crippen molar-refractivity contribution in [1.82, 2.24) is 15.5 Å². The zero-order chi connectivity index (χ0) is 11.3. The van der Waals surface area contributed by atoms with Crippen LogP contribution in [0.15, 0.2) is 0 Å². The molecule has 1 aliphatic heterocycles. The van der Waals surface area contributed by atoms with E-state index >= 15 is 0 Å². The maximum Gasteiger partial charge on any atom is 0.227 e. The first kappa shape index (κ1) is 12.5. The first-order valence-corrected chi connectivity index (χ1v) is 5.77. The van der Waals surface area contributed by atoms with Crippen LogP contribution in [0, 0.1) is 5.41 Å². The Kier molecular flexibility index (Phi) is 4.54. The summed E-state index contributed by atoms with van der Waals surface area (Å²) in [6.45, 7) is 9.16. The van der Waals surface area contributed by atoms with E-state index in [0.717, 1.165) is 39.1 Å². The number of nitrogens with one attached hydrogen (secondary N) is 2. The van der Waals surface area contributed by atoms with Crippen LogP contribution in [-0.2, 0) is 4.79 Å². The third-order valence-corrected chi connectivity index (χ3v) is 3.18. The van der Waals surface area contributed by atoms with E-state index in [-0.39, 0.29) is 11.3 Å². The van der Waals surface area contributed by atoms with Crippen LogP contribution in [-0.4, -0.2) is 50.6 Å². The van der Waals surface area contributed by atoms with Crippen LogP contribution < -0.4 is 10.6 Å². The minimum atomic E-state index is -0.180. The van der Waals surface area contributed by atoms with Crippen LogP contribution >= 0.6 is 0 Å². The van der Waals surface area contributed by atoms with E-state index in [4.69, 9.17) is 0 Å². The van der Waals surface area contributed by atoms with Gasteiger partial charge in [-0.1, -0.05) is 6.92 Å². The fourth-order valence-electron chi connectivity index (χ4n) is 2.15. The minimum absolute atomic E-state index is 0.174. The number of likely N-dealkylation sites (N-methyl/N-ethyl adjacent to an activating group) is 1. The quantitative estimate of drug-likeness (QED) is 0.635. The van der Waals surface area contributed by atoms with E-state index in [1.807, 2.05) is 0 Å². The summed E-state index contributed by atoms with van der Waals surface area (Å²) in [5, 5.41) is 6.06. The molecule has 0 radical (unpaired) electrons. The molecule has 0 aromatic rings. The normalized spacial score (nSPS) is 26.9. The summed E-state index contributed by atoms with van der Waals surface area (Å²) in [6, 6.07) is 0. The van der Waals surface area contributed by atoms with Crippen molar-refractivity contribution < 1.29 is 4.79 Å². The predicted molar refractivity (Wildman–Crippen MR) is 61.8 cm³/mol. The molecule has 1 saturated heterocycles. The van der Waals surface area contributed by atoms with Crippen LogP contribution in [0.5, 0.6) is 0 Å². The van der Waals surface area contributed by atoms with Gasteiger partial charge in [0.2, 0.25) is 5.91 Å². The molecule has 1 aliphatic rings. The highest BCUT2D eigenvalue weighted by molar-refractivity contribution is 5.82. The summed E-state index contributed by atoms with van der Waals surface area (Å²) in [4.78, 5) is 14.0. The second-order valence-corrected chi connectivity index (χ2v) is 4.52. The van der Waals surface area contributed by atoms with Crippen LogP contribution in [0.1, 0.15) is 20.3 Å². The van der Waals surface area contributed by atoms with Crippen LogP contribution in [0.3, 0.4) is 0 Å². The van der Waals surface area contributed by atoms with Crippen molar-refractivity contribution in [2.75, 3.05) is 39.8 Å². The van der Waals surface area contributed by atoms with E-state index in [1.54, 1.807) is 7.05 Å². The highest BCUT2D eigenvalue weighted by Crippen LogP contribution is 2.29. The molecule has 1 heterocycles. The molecule has 4 nitrogen and oxygen atoms in total. The van der Waals surface area contributed by atoms with Crippen LogP contribution in [0.2, 0.25) is 0 Å². The van der Waals surface area contributed by atoms with Gasteiger partial charge in [-0.15, -0.1) is 0 Å². The average Bonchev–Trinajstić information content (AvgIpc) is 2.61. The van der Waals surface area contributed by atoms with Crippen molar-refractivity contribution >= 4 is 5.91 Å². The Morgan fingerprint density at radius 2 is 2.27 bits per heavy atom. The molecule has 2 N–H and O–H groups in total. The summed E-state index contributed by atoms with van der Waals surface area (Å²) >= 11 is 0. The van der Waals surface area contributed by atoms with Gasteiger partial charge in [0.15, 0.2) is 0 Å². The molecule has 1 unspecified atom stereocenters. The fourth-order valence-corrected chi connectivity index (χ4v) is 2.15. The molecule has 88 valence electrons. The van der Waals surface area contributed by atoms with Crippen molar-refractivity contribution in [2.24, 2.45) is 5.41 Å². The maximum atomic E-state index is 11.7. The van der Waals surface area contributed by atoms with Crippen molar-refractivity contribution in [1.29, 1.82) is 0 Å². The van der Waals surface area contributed by atoms with Crippen molar-refractivity contribution in [3.63, 3.8) is 0 Å². The Morgan fingerprint density at radius 3 is 2.87 bits per heavy atom. The lowest BCUT2D eigenvalue weighted by molar-refractivity contribution is -0.129. The number of carbonyl (C=O) groups excluding carboxylic acids is 1. The highest BCUT2D eigenvalue weighted by Gasteiger charge is 2.39. The number of carbonyl (C=O) groups is 1. The van der Waals surface area contributed by atoms with Crippen molar-refractivity contribution in [3.05, 3.63) is 0 Å². The van der Waals surface area contributed by atoms with Gasteiger partial charge >= 0.3 is 0 Å². The Hall–Kier alpha value is -0.610. The lowest BCUT2D eigenvalue weighted by Crippen LogP contribution is -2.40. The largest absolute Gasteiger partial charge is 0.359 e. The van der Waals surface area contributed by atoms with Gasteiger partial charge in [0.05, 0.1) is 5.41 Å². The first-order chi connectivity index (χ1) is 7.12. The molecule has 1 rings (SSSR count). The van der Waals surface area contributed by atoms with E-state index in [1.165, 1.54) is 0 Å². The molecular formula is C11H23N3O. The van der Waals surface area contributed by atoms with Crippen molar-refractivity contribution in [2.45, 2.75) is 20.3 Å². The lowest BCUT2D eigenvalue weighted by atomic mass is 9.89. The van der Waals surface area contributed by atoms with Gasteiger partial charge in [-0.05, 0) is 26.4 Å². The number of hydrogen-bond acceptors (Lipinski definition) is 3. The number of nitrogens with zero attached hydrogens (tertiary/aromatic N) is 1. The van der Waals surface area contributed by atoms with Gasteiger partial charge in [-0.2, -0.15) is 0 Å². The van der Waals surface area contributed by atoms with Gasteiger partial charge in [-0.25, -0.2) is 0 Å². The minimum Gasteiger partial charge on any atom is -0.359 e. The number of rotatable bonds is 5. The molecule has 0 aromatic carbocycles. The van der Waals surface area contributed by atoms with E-state index in [2.05, 4.69) is 29.4 Å². The molecule has 1 fully saturated rings. The zero-order valence-corrected chi connectivity index (χ0v) is 10.1. The topological polar surface area (TPSA) is 44.4 Å². The Morgan fingerprint density at radius 1 is 1.53 bits per heavy atom. The highest BCUT2D eigenvalue weighted by atomic mass is 16.2. The van der Waals surface area contributed by atoms with Gasteiger partial charge in [0, 0.05) is 26.7 Å². The summed E-state index contributed by atoms with van der Waals surface area (Å²) in [5.41, 5.74) is -0.180.